The Morgan fingerprint density at radius 1 is 0.966 bits per heavy atom. The lowest BCUT2D eigenvalue weighted by molar-refractivity contribution is 1.30. The zero-order valence-corrected chi connectivity index (χ0v) is 17.0. The summed E-state index contributed by atoms with van der Waals surface area (Å²) in [6, 6.07) is 19.5. The molecule has 4 rings (SSSR count). The van der Waals surface area contributed by atoms with Crippen LogP contribution in [0.5, 0.6) is 0 Å². The summed E-state index contributed by atoms with van der Waals surface area (Å²) >= 11 is 7.70. The van der Waals surface area contributed by atoms with Gasteiger partial charge in [0.25, 0.3) is 0 Å². The van der Waals surface area contributed by atoms with E-state index < -0.39 is 0 Å². The Labute approximate surface area is 178 Å². The van der Waals surface area contributed by atoms with Gasteiger partial charge in [0.2, 0.25) is 0 Å². The number of allylic oxidation sites excluding steroid dienone is 1. The molecular formula is C23H17ClN4S. The van der Waals surface area contributed by atoms with Crippen LogP contribution in [0.1, 0.15) is 16.7 Å². The number of nitrogens with one attached hydrogen (secondary N) is 1. The molecule has 0 aliphatic carbocycles. The molecule has 0 saturated heterocycles. The highest BCUT2D eigenvalue weighted by Crippen LogP contribution is 2.26. The highest BCUT2D eigenvalue weighted by molar-refractivity contribution is 8.01. The minimum atomic E-state index is 0.391. The van der Waals surface area contributed by atoms with E-state index in [9.17, 15) is 0 Å². The third kappa shape index (κ3) is 4.70. The molecule has 4 aromatic rings. The first-order valence-corrected chi connectivity index (χ1v) is 10.4. The predicted molar refractivity (Wildman–Crippen MR) is 121 cm³/mol. The van der Waals surface area contributed by atoms with Gasteiger partial charge in [-0.1, -0.05) is 41.9 Å². The van der Waals surface area contributed by atoms with Crippen LogP contribution in [0.25, 0.3) is 16.6 Å². The first-order chi connectivity index (χ1) is 14.2. The summed E-state index contributed by atoms with van der Waals surface area (Å²) in [6.45, 7) is 0. The standard InChI is InChI=1S/C23H17ClN4S/c24-22-9-8-20-21(28-22)11-18(13-27-20)19(23(25)17-7-4-10-26-12-17)15-29-14-16-5-2-1-3-6-16/h1-13,15,25H,14H2/b19-15-,25-23?. The molecule has 0 fully saturated rings. The first kappa shape index (κ1) is 19.3. The van der Waals surface area contributed by atoms with Crippen LogP contribution in [-0.4, -0.2) is 20.7 Å². The molecule has 3 aromatic heterocycles. The minimum absolute atomic E-state index is 0.391. The fourth-order valence-corrected chi connectivity index (χ4v) is 3.90. The molecular weight excluding hydrogens is 400 g/mol. The SMILES string of the molecule is N=C(/C(=C\SCc1ccccc1)c1cnc2ccc(Cl)nc2c1)c1cccnc1. The number of hydrogen-bond acceptors (Lipinski definition) is 5. The van der Waals surface area contributed by atoms with E-state index >= 15 is 0 Å². The smallest absolute Gasteiger partial charge is 0.129 e. The van der Waals surface area contributed by atoms with E-state index in [1.807, 2.05) is 47.9 Å². The zero-order valence-electron chi connectivity index (χ0n) is 15.4. The van der Waals surface area contributed by atoms with Crippen molar-refractivity contribution < 1.29 is 0 Å². The average Bonchev–Trinajstić information content (AvgIpc) is 2.77. The second-order valence-corrected chi connectivity index (χ2v) is 7.59. The van der Waals surface area contributed by atoms with Crippen molar-refractivity contribution in [1.82, 2.24) is 15.0 Å². The quantitative estimate of drug-likeness (QED) is 0.308. The van der Waals surface area contributed by atoms with Crippen LogP contribution in [0.15, 0.2) is 84.7 Å². The Kier molecular flexibility index (Phi) is 5.98. The number of pyridine rings is 3. The van der Waals surface area contributed by atoms with Crippen molar-refractivity contribution in [3.63, 3.8) is 0 Å². The van der Waals surface area contributed by atoms with E-state index in [0.29, 0.717) is 16.4 Å². The van der Waals surface area contributed by atoms with Gasteiger partial charge >= 0.3 is 0 Å². The van der Waals surface area contributed by atoms with Crippen LogP contribution < -0.4 is 0 Å². The zero-order chi connectivity index (χ0) is 20.1. The van der Waals surface area contributed by atoms with E-state index in [0.717, 1.165) is 28.0 Å². The average molecular weight is 417 g/mol. The summed E-state index contributed by atoms with van der Waals surface area (Å²) in [6.07, 6.45) is 5.17. The van der Waals surface area contributed by atoms with Gasteiger partial charge < -0.3 is 0 Å². The van der Waals surface area contributed by atoms with Crippen LogP contribution in [0.2, 0.25) is 5.15 Å². The number of nitrogens with zero attached hydrogens (tertiary/aromatic N) is 3. The third-order valence-electron chi connectivity index (χ3n) is 4.33. The molecule has 29 heavy (non-hydrogen) atoms. The minimum Gasteiger partial charge on any atom is -0.300 e. The predicted octanol–water partition coefficient (Wildman–Crippen LogP) is 6.02. The molecule has 3 heterocycles. The monoisotopic (exact) mass is 416 g/mol. The Morgan fingerprint density at radius 2 is 1.83 bits per heavy atom. The van der Waals surface area contributed by atoms with Crippen LogP contribution in [0.3, 0.4) is 0 Å². The molecule has 0 aliphatic rings. The molecule has 0 bridgehead atoms. The Balaban J connectivity index is 1.71. The fourth-order valence-electron chi connectivity index (χ4n) is 2.86. The van der Waals surface area contributed by atoms with Gasteiger partial charge in [-0.2, -0.15) is 0 Å². The van der Waals surface area contributed by atoms with Crippen molar-refractivity contribution in [1.29, 1.82) is 5.41 Å². The highest BCUT2D eigenvalue weighted by atomic mass is 35.5. The summed E-state index contributed by atoms with van der Waals surface area (Å²) in [5.41, 5.74) is 5.43. The van der Waals surface area contributed by atoms with Crippen LogP contribution >= 0.6 is 23.4 Å². The molecule has 0 saturated carbocycles. The Morgan fingerprint density at radius 3 is 2.62 bits per heavy atom. The number of benzene rings is 1. The van der Waals surface area contributed by atoms with E-state index in [2.05, 4.69) is 27.1 Å². The molecule has 1 N–H and O–H groups in total. The van der Waals surface area contributed by atoms with E-state index in [1.54, 1.807) is 36.4 Å². The molecule has 4 nitrogen and oxygen atoms in total. The maximum Gasteiger partial charge on any atom is 0.129 e. The normalized spacial score (nSPS) is 11.6. The lowest BCUT2D eigenvalue weighted by atomic mass is 9.99. The maximum atomic E-state index is 8.76. The van der Waals surface area contributed by atoms with Gasteiger partial charge in [0, 0.05) is 41.0 Å². The molecule has 0 radical (unpaired) electrons. The maximum absolute atomic E-state index is 8.76. The fraction of sp³-hybridized carbons (Fsp3) is 0.0435. The molecule has 0 atom stereocenters. The summed E-state index contributed by atoms with van der Waals surface area (Å²) in [5, 5.41) is 11.2. The Bertz CT molecular complexity index is 1180. The van der Waals surface area contributed by atoms with Gasteiger partial charge in [0.1, 0.15) is 5.15 Å². The van der Waals surface area contributed by atoms with Crippen molar-refractivity contribution in [2.45, 2.75) is 5.75 Å². The summed E-state index contributed by atoms with van der Waals surface area (Å²) in [5.74, 6) is 0.815. The van der Waals surface area contributed by atoms with Gasteiger partial charge in [0.05, 0.1) is 16.7 Å². The van der Waals surface area contributed by atoms with E-state index in [-0.39, 0.29) is 0 Å². The van der Waals surface area contributed by atoms with Gasteiger partial charge in [-0.15, -0.1) is 11.8 Å². The van der Waals surface area contributed by atoms with Crippen molar-refractivity contribution in [2.75, 3.05) is 0 Å². The summed E-state index contributed by atoms with van der Waals surface area (Å²) in [7, 11) is 0. The first-order valence-electron chi connectivity index (χ1n) is 8.98. The Hall–Kier alpha value is -3.02. The summed E-state index contributed by atoms with van der Waals surface area (Å²) in [4.78, 5) is 13.0. The second kappa shape index (κ2) is 8.99. The highest BCUT2D eigenvalue weighted by Gasteiger charge is 2.13. The van der Waals surface area contributed by atoms with Crippen molar-refractivity contribution >= 4 is 45.7 Å². The number of fused-ring (bicyclic) bond motifs is 1. The van der Waals surface area contributed by atoms with Gasteiger partial charge in [0.15, 0.2) is 0 Å². The molecule has 0 spiro atoms. The number of thioether (sulfide) groups is 1. The van der Waals surface area contributed by atoms with Crippen molar-refractivity contribution in [2.24, 2.45) is 0 Å². The van der Waals surface area contributed by atoms with Crippen LogP contribution in [0, 0.1) is 5.41 Å². The van der Waals surface area contributed by atoms with Crippen molar-refractivity contribution in [3.05, 3.63) is 107 Å². The van der Waals surface area contributed by atoms with Crippen molar-refractivity contribution in [3.8, 4) is 0 Å². The van der Waals surface area contributed by atoms with Gasteiger partial charge in [-0.05, 0) is 41.3 Å². The lowest BCUT2D eigenvalue weighted by Gasteiger charge is -2.11. The number of rotatable bonds is 6. The molecule has 0 unspecified atom stereocenters. The molecule has 0 aliphatic heterocycles. The largest absolute Gasteiger partial charge is 0.300 e. The summed E-state index contributed by atoms with van der Waals surface area (Å²) < 4.78 is 0. The molecule has 1 aromatic carbocycles. The van der Waals surface area contributed by atoms with E-state index in [4.69, 9.17) is 17.0 Å². The number of hydrogen-bond donors (Lipinski definition) is 1. The second-order valence-electron chi connectivity index (χ2n) is 6.34. The van der Waals surface area contributed by atoms with Crippen LogP contribution in [-0.2, 0) is 5.75 Å². The van der Waals surface area contributed by atoms with E-state index in [1.165, 1.54) is 5.56 Å². The molecule has 6 heteroatoms. The third-order valence-corrected chi connectivity index (χ3v) is 5.44. The number of halogens is 1. The van der Waals surface area contributed by atoms with Gasteiger partial charge in [-0.3, -0.25) is 15.4 Å². The van der Waals surface area contributed by atoms with Crippen LogP contribution in [0.4, 0.5) is 0 Å². The number of aromatic nitrogens is 3. The lowest BCUT2D eigenvalue weighted by Crippen LogP contribution is -2.04. The molecule has 142 valence electrons. The molecule has 0 amide bonds. The topological polar surface area (TPSA) is 62.5 Å². The van der Waals surface area contributed by atoms with Gasteiger partial charge in [-0.25, -0.2) is 4.98 Å².